The summed E-state index contributed by atoms with van der Waals surface area (Å²) in [5, 5.41) is 13.4. The van der Waals surface area contributed by atoms with Gasteiger partial charge in [-0.3, -0.25) is 19.2 Å². The van der Waals surface area contributed by atoms with Crippen LogP contribution >= 0.6 is 27.5 Å². The Morgan fingerprint density at radius 1 is 1.20 bits per heavy atom. The van der Waals surface area contributed by atoms with Crippen molar-refractivity contribution in [3.05, 3.63) is 52.0 Å². The van der Waals surface area contributed by atoms with Gasteiger partial charge in [-0.25, -0.2) is 0 Å². The number of aliphatic hydroxyl groups is 1. The number of rotatable bonds is 4. The topological polar surface area (TPSA) is 125 Å². The van der Waals surface area contributed by atoms with E-state index in [1.165, 1.54) is 9.80 Å². The molecule has 5 rings (SSSR count). The van der Waals surface area contributed by atoms with Gasteiger partial charge in [0.1, 0.15) is 29.8 Å². The Morgan fingerprint density at radius 2 is 1.95 bits per heavy atom. The summed E-state index contributed by atoms with van der Waals surface area (Å²) in [4.78, 5) is 57.8. The first-order valence-corrected chi connectivity index (χ1v) is 15.0. The normalized spacial score (nSPS) is 33.8. The molecule has 0 saturated carbocycles. The zero-order valence-electron chi connectivity index (χ0n) is 22.8. The van der Waals surface area contributed by atoms with E-state index in [0.29, 0.717) is 28.0 Å². The van der Waals surface area contributed by atoms with E-state index < -0.39 is 59.5 Å². The highest BCUT2D eigenvalue weighted by molar-refractivity contribution is 9.11. The van der Waals surface area contributed by atoms with Crippen LogP contribution < -0.4 is 10.2 Å². The van der Waals surface area contributed by atoms with E-state index in [4.69, 9.17) is 21.1 Å². The summed E-state index contributed by atoms with van der Waals surface area (Å²) in [6.45, 7) is 3.33. The lowest BCUT2D eigenvalue weighted by atomic mass is 9.74. The van der Waals surface area contributed by atoms with Crippen LogP contribution in [-0.2, 0) is 28.7 Å². The number of ether oxygens (including phenoxy) is 2. The van der Waals surface area contributed by atoms with Crippen LogP contribution in [0, 0.1) is 11.8 Å². The van der Waals surface area contributed by atoms with E-state index in [1.807, 2.05) is 13.0 Å². The monoisotopic (exact) mass is 649 g/mol. The standard InChI is InChI=1S/C29H33BrClN3O7/c1-3-17(15-35)34-25-27(38)33(20-10-7-6-9-19(20)31)12-8-4-5-11-21(36)32-14-16(2)40-28(39)22-23(26(34)37)29(25)13-18(30)24(22)41-29/h4,6-10,13,16-17,22-25,35H,3,5,11-12,14-15H2,1-2H3,(H,32,36)/b8-4-/t16-,17-,22+,23-,24+,25+,29-/m0/s1. The molecule has 0 aromatic heterocycles. The fraction of sp³-hybridized carbons (Fsp3) is 0.517. The van der Waals surface area contributed by atoms with Gasteiger partial charge in [-0.1, -0.05) is 58.7 Å². The van der Waals surface area contributed by atoms with Crippen molar-refractivity contribution in [1.82, 2.24) is 10.2 Å². The number of carbonyl (C=O) groups excluding carboxylic acids is 4. The van der Waals surface area contributed by atoms with Crippen LogP contribution in [0.4, 0.5) is 5.69 Å². The number of benzene rings is 1. The van der Waals surface area contributed by atoms with Gasteiger partial charge in [-0.05, 0) is 38.0 Å². The first-order chi connectivity index (χ1) is 19.6. The number of aliphatic hydroxyl groups excluding tert-OH is 1. The molecule has 2 N–H and O–H groups in total. The largest absolute Gasteiger partial charge is 0.460 e. The minimum Gasteiger partial charge on any atom is -0.460 e. The number of nitrogens with zero attached hydrogens (tertiary/aromatic N) is 2. The highest BCUT2D eigenvalue weighted by atomic mass is 79.9. The van der Waals surface area contributed by atoms with Gasteiger partial charge < -0.3 is 29.7 Å². The molecule has 0 radical (unpaired) electrons. The number of allylic oxidation sites excluding steroid dienone is 1. The minimum atomic E-state index is -1.47. The second-order valence-electron chi connectivity index (χ2n) is 10.8. The van der Waals surface area contributed by atoms with Gasteiger partial charge in [0, 0.05) is 17.4 Å². The van der Waals surface area contributed by atoms with Crippen molar-refractivity contribution in [3.8, 4) is 0 Å². The molecule has 10 nitrogen and oxygen atoms in total. The SMILES string of the molecule is CC[C@@H](CO)N1C(=O)[C@@H]2[C@H]3C(=O)O[C@@H](C)CNC(=O)CC/C=C\CN(c4ccccc4Cl)C(=O)[C@@H]1[C@]21C=C(Br)[C@H]3O1. The summed E-state index contributed by atoms with van der Waals surface area (Å²) >= 11 is 10.1. The lowest BCUT2D eigenvalue weighted by molar-refractivity contribution is -0.159. The van der Waals surface area contributed by atoms with Gasteiger partial charge in [0.05, 0.1) is 35.8 Å². The van der Waals surface area contributed by atoms with Gasteiger partial charge >= 0.3 is 5.97 Å². The first-order valence-electron chi connectivity index (χ1n) is 13.8. The average Bonchev–Trinajstić information content (AvgIpc) is 3.54. The fourth-order valence-corrected chi connectivity index (χ4v) is 7.29. The molecule has 1 aromatic rings. The van der Waals surface area contributed by atoms with Crippen LogP contribution in [0.5, 0.6) is 0 Å². The molecular weight excluding hydrogens is 618 g/mol. The van der Waals surface area contributed by atoms with Crippen molar-refractivity contribution in [2.75, 3.05) is 24.6 Å². The Morgan fingerprint density at radius 3 is 2.66 bits per heavy atom. The Labute approximate surface area is 251 Å². The molecule has 1 spiro atoms. The molecule has 7 atom stereocenters. The van der Waals surface area contributed by atoms with Gasteiger partial charge in [0.15, 0.2) is 0 Å². The Balaban J connectivity index is 1.66. The number of esters is 1. The number of cyclic esters (lactones) is 1. The number of hydrogen-bond acceptors (Lipinski definition) is 7. The summed E-state index contributed by atoms with van der Waals surface area (Å²) in [7, 11) is 0. The van der Waals surface area contributed by atoms with Gasteiger partial charge in [-0.15, -0.1) is 0 Å². The molecule has 4 aliphatic heterocycles. The molecule has 220 valence electrons. The predicted molar refractivity (Wildman–Crippen MR) is 154 cm³/mol. The average molecular weight is 651 g/mol. The minimum absolute atomic E-state index is 0.107. The maximum absolute atomic E-state index is 14.7. The number of amides is 3. The smallest absolute Gasteiger partial charge is 0.313 e. The third kappa shape index (κ3) is 5.11. The van der Waals surface area contributed by atoms with Crippen molar-refractivity contribution in [2.45, 2.75) is 63.0 Å². The van der Waals surface area contributed by atoms with Gasteiger partial charge in [-0.2, -0.15) is 0 Å². The summed E-state index contributed by atoms with van der Waals surface area (Å²) < 4.78 is 12.7. The molecule has 12 heteroatoms. The Kier molecular flexibility index (Phi) is 8.61. The zero-order chi connectivity index (χ0) is 29.5. The second-order valence-corrected chi connectivity index (χ2v) is 12.1. The number of likely N-dealkylation sites (tertiary alicyclic amines) is 1. The molecule has 1 aromatic carbocycles. The molecular formula is C29H33BrClN3O7. The number of fused-ring (bicyclic) bond motifs is 2. The van der Waals surface area contributed by atoms with Crippen LogP contribution in [0.2, 0.25) is 5.02 Å². The maximum atomic E-state index is 14.7. The summed E-state index contributed by atoms with van der Waals surface area (Å²) in [5.41, 5.74) is -1.04. The lowest BCUT2D eigenvalue weighted by Gasteiger charge is -2.38. The molecule has 2 saturated heterocycles. The quantitative estimate of drug-likeness (QED) is 0.379. The second kappa shape index (κ2) is 11.9. The van der Waals surface area contributed by atoms with Crippen LogP contribution in [0.25, 0.3) is 0 Å². The highest BCUT2D eigenvalue weighted by Crippen LogP contribution is 2.59. The van der Waals surface area contributed by atoms with Crippen LogP contribution in [-0.4, -0.2) is 83.3 Å². The summed E-state index contributed by atoms with van der Waals surface area (Å²) in [5.74, 6) is -3.85. The molecule has 5 bridgehead atoms. The van der Waals surface area contributed by atoms with Crippen molar-refractivity contribution in [3.63, 3.8) is 0 Å². The van der Waals surface area contributed by atoms with Gasteiger partial charge in [0.2, 0.25) is 11.8 Å². The predicted octanol–water partition coefficient (Wildman–Crippen LogP) is 2.72. The lowest BCUT2D eigenvalue weighted by Crippen LogP contribution is -2.58. The zero-order valence-corrected chi connectivity index (χ0v) is 25.1. The number of carbonyl (C=O) groups is 4. The number of para-hydroxylation sites is 1. The Bertz CT molecular complexity index is 1300. The summed E-state index contributed by atoms with van der Waals surface area (Å²) in [6.07, 6.45) is 4.85. The molecule has 0 aliphatic carbocycles. The van der Waals surface area contributed by atoms with Crippen molar-refractivity contribution >= 4 is 56.9 Å². The molecule has 4 heterocycles. The van der Waals surface area contributed by atoms with E-state index in [0.717, 1.165) is 0 Å². The van der Waals surface area contributed by atoms with Crippen LogP contribution in [0.3, 0.4) is 0 Å². The highest BCUT2D eigenvalue weighted by Gasteiger charge is 2.75. The molecule has 2 fully saturated rings. The number of hydrogen-bond donors (Lipinski definition) is 2. The van der Waals surface area contributed by atoms with Gasteiger partial charge in [0.25, 0.3) is 5.91 Å². The van der Waals surface area contributed by atoms with Crippen molar-refractivity contribution in [2.24, 2.45) is 11.8 Å². The number of nitrogens with one attached hydrogen (secondary N) is 1. The van der Waals surface area contributed by atoms with Crippen LogP contribution in [0.15, 0.2) is 47.0 Å². The number of anilines is 1. The first kappa shape index (κ1) is 29.8. The molecule has 0 unspecified atom stereocenters. The van der Waals surface area contributed by atoms with Crippen molar-refractivity contribution < 1.29 is 33.8 Å². The fourth-order valence-electron chi connectivity index (χ4n) is 6.31. The molecule has 4 aliphatic rings. The van der Waals surface area contributed by atoms with Crippen LogP contribution in [0.1, 0.15) is 33.1 Å². The third-order valence-corrected chi connectivity index (χ3v) is 9.25. The van der Waals surface area contributed by atoms with E-state index in [2.05, 4.69) is 21.2 Å². The van der Waals surface area contributed by atoms with E-state index in [1.54, 1.807) is 43.3 Å². The summed E-state index contributed by atoms with van der Waals surface area (Å²) in [6, 6.07) is 5.02. The van der Waals surface area contributed by atoms with E-state index >= 15 is 0 Å². The van der Waals surface area contributed by atoms with E-state index in [-0.39, 0.29) is 32.0 Å². The number of halogens is 2. The van der Waals surface area contributed by atoms with Crippen molar-refractivity contribution in [1.29, 1.82) is 0 Å². The maximum Gasteiger partial charge on any atom is 0.313 e. The molecule has 3 amide bonds. The third-order valence-electron chi connectivity index (χ3n) is 8.25. The Hall–Kier alpha value is -2.73. The molecule has 41 heavy (non-hydrogen) atoms. The van der Waals surface area contributed by atoms with E-state index in [9.17, 15) is 24.3 Å².